The first kappa shape index (κ1) is 18.4. The quantitative estimate of drug-likeness (QED) is 0.387. The zero-order valence-corrected chi connectivity index (χ0v) is 14.7. The maximum absolute atomic E-state index is 12.2. The number of aliphatic hydroxyl groups excluding tert-OH is 1. The monoisotopic (exact) mass is 360 g/mol. The summed E-state index contributed by atoms with van der Waals surface area (Å²) in [5.41, 5.74) is 2.70. The molecule has 0 aliphatic rings. The Morgan fingerprint density at radius 3 is 2.33 bits per heavy atom. The molecular formula is C23H20O4. The summed E-state index contributed by atoms with van der Waals surface area (Å²) in [6.45, 7) is 0.223. The van der Waals surface area contributed by atoms with Gasteiger partial charge in [-0.2, -0.15) is 0 Å². The smallest absolute Gasteiger partial charge is 0.336 e. The van der Waals surface area contributed by atoms with Gasteiger partial charge in [0, 0.05) is 11.6 Å². The van der Waals surface area contributed by atoms with E-state index in [2.05, 4.69) is 0 Å². The van der Waals surface area contributed by atoms with Crippen molar-refractivity contribution in [2.75, 3.05) is 13.2 Å². The fourth-order valence-corrected chi connectivity index (χ4v) is 2.56. The van der Waals surface area contributed by atoms with E-state index in [-0.39, 0.29) is 13.2 Å². The highest BCUT2D eigenvalue weighted by Gasteiger charge is 2.08. The molecule has 0 aromatic heterocycles. The number of rotatable bonds is 7. The van der Waals surface area contributed by atoms with E-state index in [0.29, 0.717) is 11.5 Å². The van der Waals surface area contributed by atoms with Crippen molar-refractivity contribution in [1.82, 2.24) is 0 Å². The molecule has 0 unspecified atom stereocenters. The van der Waals surface area contributed by atoms with Crippen molar-refractivity contribution in [3.63, 3.8) is 0 Å². The van der Waals surface area contributed by atoms with E-state index in [9.17, 15) is 4.79 Å². The van der Waals surface area contributed by atoms with Gasteiger partial charge in [-0.15, -0.1) is 0 Å². The normalized spacial score (nSPS) is 10.7. The maximum Gasteiger partial charge on any atom is 0.336 e. The fraction of sp³-hybridized carbons (Fsp3) is 0.0870. The molecular weight excluding hydrogens is 340 g/mol. The van der Waals surface area contributed by atoms with E-state index in [1.54, 1.807) is 24.3 Å². The van der Waals surface area contributed by atoms with Gasteiger partial charge in [0.1, 0.15) is 18.1 Å². The molecule has 0 atom stereocenters. The van der Waals surface area contributed by atoms with Crippen LogP contribution in [0.5, 0.6) is 11.5 Å². The van der Waals surface area contributed by atoms with Crippen molar-refractivity contribution in [1.29, 1.82) is 0 Å². The molecule has 3 rings (SSSR count). The summed E-state index contributed by atoms with van der Waals surface area (Å²) >= 11 is 0. The number of para-hydroxylation sites is 1. The Kier molecular flexibility index (Phi) is 6.39. The van der Waals surface area contributed by atoms with Crippen LogP contribution in [0.4, 0.5) is 0 Å². The highest BCUT2D eigenvalue weighted by atomic mass is 16.5. The zero-order chi connectivity index (χ0) is 18.9. The third-order valence-electron chi connectivity index (χ3n) is 3.83. The van der Waals surface area contributed by atoms with Gasteiger partial charge < -0.3 is 14.6 Å². The minimum Gasteiger partial charge on any atom is -0.491 e. The Bertz CT molecular complexity index is 899. The Morgan fingerprint density at radius 1 is 0.889 bits per heavy atom. The predicted octanol–water partition coefficient (Wildman–Crippen LogP) is 4.34. The maximum atomic E-state index is 12.2. The molecule has 0 amide bonds. The van der Waals surface area contributed by atoms with Crippen LogP contribution in [0.25, 0.3) is 17.2 Å². The summed E-state index contributed by atoms with van der Waals surface area (Å²) in [5, 5.41) is 8.75. The summed E-state index contributed by atoms with van der Waals surface area (Å²) < 4.78 is 10.8. The molecule has 0 saturated carbocycles. The van der Waals surface area contributed by atoms with Crippen molar-refractivity contribution >= 4 is 12.0 Å². The first-order valence-corrected chi connectivity index (χ1v) is 8.64. The molecule has 0 saturated heterocycles. The van der Waals surface area contributed by atoms with E-state index in [1.165, 1.54) is 6.08 Å². The van der Waals surface area contributed by atoms with Crippen LogP contribution in [0.1, 0.15) is 5.56 Å². The number of carbonyl (C=O) groups excluding carboxylic acids is 1. The zero-order valence-electron chi connectivity index (χ0n) is 14.7. The van der Waals surface area contributed by atoms with Gasteiger partial charge in [0.2, 0.25) is 0 Å². The molecule has 3 aromatic rings. The van der Waals surface area contributed by atoms with Gasteiger partial charge in [0.25, 0.3) is 0 Å². The number of benzene rings is 3. The average molecular weight is 360 g/mol. The van der Waals surface area contributed by atoms with Crippen LogP contribution in [-0.4, -0.2) is 24.3 Å². The SMILES string of the molecule is O=C(C=Cc1ccc(OCCO)cc1)Oc1ccccc1-c1ccccc1. The van der Waals surface area contributed by atoms with Crippen molar-refractivity contribution < 1.29 is 19.4 Å². The van der Waals surface area contributed by atoms with Crippen molar-refractivity contribution in [3.8, 4) is 22.6 Å². The molecule has 0 spiro atoms. The van der Waals surface area contributed by atoms with E-state index >= 15 is 0 Å². The minimum atomic E-state index is -0.445. The summed E-state index contributed by atoms with van der Waals surface area (Å²) in [4.78, 5) is 12.2. The second kappa shape index (κ2) is 9.36. The van der Waals surface area contributed by atoms with E-state index in [4.69, 9.17) is 14.6 Å². The molecule has 3 aromatic carbocycles. The van der Waals surface area contributed by atoms with Crippen LogP contribution in [-0.2, 0) is 4.79 Å². The minimum absolute atomic E-state index is 0.0298. The van der Waals surface area contributed by atoms with E-state index in [0.717, 1.165) is 16.7 Å². The number of hydrogen-bond donors (Lipinski definition) is 1. The molecule has 0 bridgehead atoms. The van der Waals surface area contributed by atoms with Gasteiger partial charge in [-0.1, -0.05) is 60.7 Å². The second-order valence-electron chi connectivity index (χ2n) is 5.76. The van der Waals surface area contributed by atoms with Crippen LogP contribution < -0.4 is 9.47 Å². The van der Waals surface area contributed by atoms with Crippen LogP contribution in [0.2, 0.25) is 0 Å². The van der Waals surface area contributed by atoms with Gasteiger partial charge in [0.15, 0.2) is 0 Å². The van der Waals surface area contributed by atoms with Gasteiger partial charge in [-0.25, -0.2) is 4.79 Å². The van der Waals surface area contributed by atoms with Crippen molar-refractivity contribution in [2.45, 2.75) is 0 Å². The van der Waals surface area contributed by atoms with Gasteiger partial charge in [-0.05, 0) is 35.4 Å². The van der Waals surface area contributed by atoms with Gasteiger partial charge in [-0.3, -0.25) is 0 Å². The second-order valence-corrected chi connectivity index (χ2v) is 5.76. The van der Waals surface area contributed by atoms with Crippen molar-refractivity contribution in [2.24, 2.45) is 0 Å². The Labute approximate surface area is 158 Å². The number of hydrogen-bond acceptors (Lipinski definition) is 4. The topological polar surface area (TPSA) is 55.8 Å². The molecule has 4 heteroatoms. The summed E-state index contributed by atoms with van der Waals surface area (Å²) in [5.74, 6) is 0.741. The lowest BCUT2D eigenvalue weighted by molar-refractivity contribution is -0.128. The third-order valence-corrected chi connectivity index (χ3v) is 3.83. The summed E-state index contributed by atoms with van der Waals surface area (Å²) in [7, 11) is 0. The lowest BCUT2D eigenvalue weighted by Crippen LogP contribution is -2.04. The highest BCUT2D eigenvalue weighted by molar-refractivity contribution is 5.90. The molecule has 0 aliphatic carbocycles. The lowest BCUT2D eigenvalue weighted by atomic mass is 10.1. The number of carbonyl (C=O) groups is 1. The molecule has 1 N–H and O–H groups in total. The largest absolute Gasteiger partial charge is 0.491 e. The lowest BCUT2D eigenvalue weighted by Gasteiger charge is -2.08. The van der Waals surface area contributed by atoms with Crippen LogP contribution in [0, 0.1) is 0 Å². The van der Waals surface area contributed by atoms with E-state index < -0.39 is 5.97 Å². The van der Waals surface area contributed by atoms with Crippen molar-refractivity contribution in [3.05, 3.63) is 90.5 Å². The fourth-order valence-electron chi connectivity index (χ4n) is 2.56. The van der Waals surface area contributed by atoms with Crippen LogP contribution in [0.3, 0.4) is 0 Å². The van der Waals surface area contributed by atoms with Gasteiger partial charge >= 0.3 is 5.97 Å². The number of aliphatic hydroxyl groups is 1. The standard InChI is InChI=1S/C23H20O4/c24-16-17-26-20-13-10-18(11-14-20)12-15-23(25)27-22-9-5-4-8-21(22)19-6-2-1-3-7-19/h1-15,24H,16-17H2. The van der Waals surface area contributed by atoms with Crippen LogP contribution >= 0.6 is 0 Å². The first-order chi connectivity index (χ1) is 13.3. The molecule has 27 heavy (non-hydrogen) atoms. The first-order valence-electron chi connectivity index (χ1n) is 8.64. The van der Waals surface area contributed by atoms with Gasteiger partial charge in [0.05, 0.1) is 6.61 Å². The third kappa shape index (κ3) is 5.30. The summed E-state index contributed by atoms with van der Waals surface area (Å²) in [6, 6.07) is 24.5. The van der Waals surface area contributed by atoms with E-state index in [1.807, 2.05) is 60.7 Å². The molecule has 0 fully saturated rings. The van der Waals surface area contributed by atoms with Crippen LogP contribution in [0.15, 0.2) is 84.9 Å². The Balaban J connectivity index is 1.67. The molecule has 4 nitrogen and oxygen atoms in total. The Morgan fingerprint density at radius 2 is 1.59 bits per heavy atom. The number of esters is 1. The number of ether oxygens (including phenoxy) is 2. The average Bonchev–Trinajstić information content (AvgIpc) is 2.72. The molecule has 136 valence electrons. The Hall–Kier alpha value is -3.37. The summed E-state index contributed by atoms with van der Waals surface area (Å²) in [6.07, 6.45) is 3.08. The molecule has 0 aliphatic heterocycles. The molecule has 0 radical (unpaired) electrons. The predicted molar refractivity (Wildman–Crippen MR) is 106 cm³/mol. The molecule has 0 heterocycles. The highest BCUT2D eigenvalue weighted by Crippen LogP contribution is 2.29.